The van der Waals surface area contributed by atoms with Crippen LogP contribution in [0.3, 0.4) is 0 Å². The van der Waals surface area contributed by atoms with Crippen LogP contribution < -0.4 is 10.1 Å². The topological polar surface area (TPSA) is 58.6 Å². The summed E-state index contributed by atoms with van der Waals surface area (Å²) in [4.78, 5) is 27.5. The zero-order chi connectivity index (χ0) is 22.4. The monoisotopic (exact) mass is 462 g/mol. The van der Waals surface area contributed by atoms with E-state index in [4.69, 9.17) is 27.9 Å². The van der Waals surface area contributed by atoms with Gasteiger partial charge in [0.2, 0.25) is 5.91 Å². The normalized spacial score (nSPS) is 14.8. The summed E-state index contributed by atoms with van der Waals surface area (Å²) in [6, 6.07) is 12.2. The fraction of sp³-hybridized carbons (Fsp3) is 0.417. The molecule has 1 atom stereocenters. The standard InChI is InChI=1S/C24H28Cl2N2O3/c1-16-7-10-20(11-8-16)31-15-23(29)28(14-18-9-12-21(25)22(26)13-18)17(2)24(30)27-19-5-3-4-6-19/h7-13,17,19H,3-6,14-15H2,1-2H3,(H,27,30)/t17-/m1/s1. The smallest absolute Gasteiger partial charge is 0.261 e. The van der Waals surface area contributed by atoms with Gasteiger partial charge in [-0.3, -0.25) is 9.59 Å². The lowest BCUT2D eigenvalue weighted by molar-refractivity contribution is -0.142. The molecule has 7 heteroatoms. The number of nitrogens with zero attached hydrogens (tertiary/aromatic N) is 1. The molecule has 166 valence electrons. The molecule has 31 heavy (non-hydrogen) atoms. The van der Waals surface area contributed by atoms with E-state index in [-0.39, 0.29) is 31.0 Å². The molecule has 1 aliphatic carbocycles. The Kier molecular flexibility index (Phi) is 8.22. The van der Waals surface area contributed by atoms with Crippen molar-refractivity contribution in [1.29, 1.82) is 0 Å². The van der Waals surface area contributed by atoms with Crippen molar-refractivity contribution >= 4 is 35.0 Å². The van der Waals surface area contributed by atoms with Crippen molar-refractivity contribution in [2.45, 2.75) is 58.2 Å². The zero-order valence-electron chi connectivity index (χ0n) is 17.9. The van der Waals surface area contributed by atoms with E-state index in [2.05, 4.69) is 5.32 Å². The van der Waals surface area contributed by atoms with Crippen LogP contribution in [0.2, 0.25) is 10.0 Å². The number of carbonyl (C=O) groups is 2. The third-order valence-corrected chi connectivity index (χ3v) is 6.33. The average Bonchev–Trinajstić information content (AvgIpc) is 3.26. The Morgan fingerprint density at radius 1 is 1.10 bits per heavy atom. The van der Waals surface area contributed by atoms with E-state index in [1.54, 1.807) is 25.1 Å². The lowest BCUT2D eigenvalue weighted by Gasteiger charge is -2.29. The van der Waals surface area contributed by atoms with Crippen LogP contribution in [0.15, 0.2) is 42.5 Å². The number of halogens is 2. The zero-order valence-corrected chi connectivity index (χ0v) is 19.4. The summed E-state index contributed by atoms with van der Waals surface area (Å²) in [5, 5.41) is 3.93. The summed E-state index contributed by atoms with van der Waals surface area (Å²) in [5.74, 6) is 0.174. The molecule has 0 radical (unpaired) electrons. The van der Waals surface area contributed by atoms with E-state index in [0.29, 0.717) is 15.8 Å². The molecule has 0 aliphatic heterocycles. The van der Waals surface area contributed by atoms with Gasteiger partial charge < -0.3 is 15.0 Å². The number of amides is 2. The molecule has 0 unspecified atom stereocenters. The minimum absolute atomic E-state index is 0.157. The highest BCUT2D eigenvalue weighted by Crippen LogP contribution is 2.24. The van der Waals surface area contributed by atoms with Gasteiger partial charge in [-0.15, -0.1) is 0 Å². The Balaban J connectivity index is 1.72. The van der Waals surface area contributed by atoms with E-state index in [1.807, 2.05) is 31.2 Å². The highest BCUT2D eigenvalue weighted by atomic mass is 35.5. The lowest BCUT2D eigenvalue weighted by atomic mass is 10.1. The number of hydrogen-bond acceptors (Lipinski definition) is 3. The summed E-state index contributed by atoms with van der Waals surface area (Å²) in [6.45, 7) is 3.79. The largest absolute Gasteiger partial charge is 0.484 e. The SMILES string of the molecule is Cc1ccc(OCC(=O)N(Cc2ccc(Cl)c(Cl)c2)[C@H](C)C(=O)NC2CCCC2)cc1. The predicted molar refractivity (Wildman–Crippen MR) is 124 cm³/mol. The van der Waals surface area contributed by atoms with Crippen molar-refractivity contribution < 1.29 is 14.3 Å². The Morgan fingerprint density at radius 2 is 1.77 bits per heavy atom. The number of carbonyl (C=O) groups excluding carboxylic acids is 2. The minimum Gasteiger partial charge on any atom is -0.484 e. The van der Waals surface area contributed by atoms with Crippen LogP contribution in [0.4, 0.5) is 0 Å². The number of ether oxygens (including phenoxy) is 1. The molecule has 0 heterocycles. The Labute approximate surface area is 193 Å². The van der Waals surface area contributed by atoms with Gasteiger partial charge >= 0.3 is 0 Å². The van der Waals surface area contributed by atoms with Crippen LogP contribution in [0.5, 0.6) is 5.75 Å². The van der Waals surface area contributed by atoms with Crippen LogP contribution in [0, 0.1) is 6.92 Å². The molecule has 0 aromatic heterocycles. The van der Waals surface area contributed by atoms with Crippen molar-refractivity contribution in [2.75, 3.05) is 6.61 Å². The molecule has 2 aromatic carbocycles. The van der Waals surface area contributed by atoms with Crippen LogP contribution in [-0.4, -0.2) is 35.4 Å². The number of aryl methyl sites for hydroxylation is 1. The average molecular weight is 463 g/mol. The molecule has 1 saturated carbocycles. The van der Waals surface area contributed by atoms with Crippen molar-refractivity contribution in [2.24, 2.45) is 0 Å². The molecule has 3 rings (SSSR count). The summed E-state index contributed by atoms with van der Waals surface area (Å²) in [7, 11) is 0. The second-order valence-corrected chi connectivity index (χ2v) is 8.85. The third-order valence-electron chi connectivity index (χ3n) is 5.59. The first-order chi connectivity index (χ1) is 14.8. The van der Waals surface area contributed by atoms with E-state index >= 15 is 0 Å². The van der Waals surface area contributed by atoms with Gasteiger partial charge in [0.05, 0.1) is 10.0 Å². The fourth-order valence-electron chi connectivity index (χ4n) is 3.67. The molecule has 5 nitrogen and oxygen atoms in total. The third kappa shape index (κ3) is 6.62. The number of benzene rings is 2. The molecular weight excluding hydrogens is 435 g/mol. The maximum Gasteiger partial charge on any atom is 0.261 e. The van der Waals surface area contributed by atoms with Crippen LogP contribution in [0.1, 0.15) is 43.7 Å². The molecule has 2 aromatic rings. The summed E-state index contributed by atoms with van der Waals surface area (Å²) >= 11 is 12.2. The molecule has 2 amide bonds. The van der Waals surface area contributed by atoms with Gasteiger partial charge in [0.1, 0.15) is 11.8 Å². The number of rotatable bonds is 8. The molecular formula is C24H28Cl2N2O3. The van der Waals surface area contributed by atoms with Gasteiger partial charge in [-0.25, -0.2) is 0 Å². The van der Waals surface area contributed by atoms with Crippen LogP contribution in [-0.2, 0) is 16.1 Å². The van der Waals surface area contributed by atoms with Crippen molar-refractivity contribution in [3.8, 4) is 5.75 Å². The molecule has 1 fully saturated rings. The van der Waals surface area contributed by atoms with E-state index in [9.17, 15) is 9.59 Å². The van der Waals surface area contributed by atoms with Crippen molar-refractivity contribution in [3.63, 3.8) is 0 Å². The fourth-order valence-corrected chi connectivity index (χ4v) is 3.99. The first-order valence-corrected chi connectivity index (χ1v) is 11.3. The first-order valence-electron chi connectivity index (χ1n) is 10.6. The predicted octanol–water partition coefficient (Wildman–Crippen LogP) is 5.16. The Hall–Kier alpha value is -2.24. The van der Waals surface area contributed by atoms with Gasteiger partial charge in [0.25, 0.3) is 5.91 Å². The van der Waals surface area contributed by atoms with Gasteiger partial charge in [-0.2, -0.15) is 0 Å². The summed E-state index contributed by atoms with van der Waals surface area (Å²) in [6.07, 6.45) is 4.21. The molecule has 0 saturated heterocycles. The maximum absolute atomic E-state index is 13.1. The van der Waals surface area contributed by atoms with Gasteiger partial charge in [-0.05, 0) is 56.5 Å². The first kappa shape index (κ1) is 23.4. The van der Waals surface area contributed by atoms with Crippen molar-refractivity contribution in [3.05, 3.63) is 63.6 Å². The quantitative estimate of drug-likeness (QED) is 0.589. The van der Waals surface area contributed by atoms with Crippen LogP contribution in [0.25, 0.3) is 0 Å². The lowest BCUT2D eigenvalue weighted by Crippen LogP contribution is -2.50. The van der Waals surface area contributed by atoms with Gasteiger partial charge in [-0.1, -0.05) is 59.8 Å². The van der Waals surface area contributed by atoms with Crippen molar-refractivity contribution in [1.82, 2.24) is 10.2 Å². The number of nitrogens with one attached hydrogen (secondary N) is 1. The Bertz CT molecular complexity index is 912. The molecule has 0 bridgehead atoms. The Morgan fingerprint density at radius 3 is 2.42 bits per heavy atom. The second-order valence-electron chi connectivity index (χ2n) is 8.04. The maximum atomic E-state index is 13.1. The van der Waals surface area contributed by atoms with E-state index in [0.717, 1.165) is 36.8 Å². The minimum atomic E-state index is -0.649. The highest BCUT2D eigenvalue weighted by molar-refractivity contribution is 6.42. The molecule has 1 N–H and O–H groups in total. The second kappa shape index (κ2) is 10.9. The number of hydrogen-bond donors (Lipinski definition) is 1. The van der Waals surface area contributed by atoms with E-state index in [1.165, 1.54) is 4.90 Å². The highest BCUT2D eigenvalue weighted by Gasteiger charge is 2.28. The molecule has 1 aliphatic rings. The molecule has 0 spiro atoms. The van der Waals surface area contributed by atoms with Crippen LogP contribution >= 0.6 is 23.2 Å². The van der Waals surface area contributed by atoms with Gasteiger partial charge in [0.15, 0.2) is 6.61 Å². The van der Waals surface area contributed by atoms with E-state index < -0.39 is 6.04 Å². The van der Waals surface area contributed by atoms with Gasteiger partial charge in [0, 0.05) is 12.6 Å². The summed E-state index contributed by atoms with van der Waals surface area (Å²) in [5.41, 5.74) is 1.90. The summed E-state index contributed by atoms with van der Waals surface area (Å²) < 4.78 is 5.68.